The van der Waals surface area contributed by atoms with Gasteiger partial charge in [0.15, 0.2) is 0 Å². The molecule has 88 valence electrons. The summed E-state index contributed by atoms with van der Waals surface area (Å²) in [6.07, 6.45) is 2.61. The average Bonchev–Trinajstić information content (AvgIpc) is 2.21. The number of hydrogen-bond acceptors (Lipinski definition) is 3. The lowest BCUT2D eigenvalue weighted by atomic mass is 10.0. The number of likely N-dealkylation sites (tertiary alicyclic amines) is 1. The fraction of sp³-hybridized carbons (Fsp3) is 0.909. The molecular formula is C11H22N2O2. The summed E-state index contributed by atoms with van der Waals surface area (Å²) in [7, 11) is 2.14. The van der Waals surface area contributed by atoms with Gasteiger partial charge in [-0.1, -0.05) is 6.92 Å². The summed E-state index contributed by atoms with van der Waals surface area (Å²) in [5.74, 6) is -0.693. The summed E-state index contributed by atoms with van der Waals surface area (Å²) < 4.78 is 0. The molecule has 0 spiro atoms. The fourth-order valence-corrected chi connectivity index (χ4v) is 2.20. The minimum absolute atomic E-state index is 0.264. The van der Waals surface area contributed by atoms with Gasteiger partial charge in [0, 0.05) is 12.6 Å². The first-order valence-electron chi connectivity index (χ1n) is 5.78. The molecule has 0 bridgehead atoms. The number of carboxylic acid groups (broad SMARTS) is 1. The van der Waals surface area contributed by atoms with Crippen molar-refractivity contribution in [2.75, 3.05) is 33.2 Å². The molecule has 1 aliphatic rings. The Balaban J connectivity index is 2.34. The van der Waals surface area contributed by atoms with Crippen LogP contribution in [0.15, 0.2) is 0 Å². The molecule has 15 heavy (non-hydrogen) atoms. The smallest absolute Gasteiger partial charge is 0.304 e. The molecule has 4 nitrogen and oxygen atoms in total. The molecule has 0 amide bonds. The van der Waals surface area contributed by atoms with Gasteiger partial charge in [0.05, 0.1) is 6.42 Å². The Bertz CT molecular complexity index is 201. The number of rotatable bonds is 5. The summed E-state index contributed by atoms with van der Waals surface area (Å²) in [5.41, 5.74) is 0. The molecule has 0 saturated carbocycles. The van der Waals surface area contributed by atoms with Crippen LogP contribution >= 0.6 is 0 Å². The van der Waals surface area contributed by atoms with E-state index in [2.05, 4.69) is 23.8 Å². The van der Waals surface area contributed by atoms with Crippen molar-refractivity contribution in [3.8, 4) is 0 Å². The van der Waals surface area contributed by atoms with Gasteiger partial charge < -0.3 is 10.0 Å². The van der Waals surface area contributed by atoms with Gasteiger partial charge in [-0.05, 0) is 39.5 Å². The van der Waals surface area contributed by atoms with Gasteiger partial charge >= 0.3 is 5.97 Å². The molecule has 4 heteroatoms. The molecule has 1 N–H and O–H groups in total. The fourth-order valence-electron chi connectivity index (χ4n) is 2.20. The van der Waals surface area contributed by atoms with Crippen molar-refractivity contribution >= 4 is 5.97 Å². The molecule has 0 aromatic rings. The van der Waals surface area contributed by atoms with E-state index >= 15 is 0 Å². The van der Waals surface area contributed by atoms with Crippen molar-refractivity contribution in [2.45, 2.75) is 32.2 Å². The van der Waals surface area contributed by atoms with Gasteiger partial charge in [0.2, 0.25) is 0 Å². The van der Waals surface area contributed by atoms with Gasteiger partial charge in [0.25, 0.3) is 0 Å². The maximum Gasteiger partial charge on any atom is 0.304 e. The second kappa shape index (κ2) is 6.08. The maximum atomic E-state index is 10.5. The highest BCUT2D eigenvalue weighted by Gasteiger charge is 2.22. The number of carbonyl (C=O) groups is 1. The third-order valence-electron chi connectivity index (χ3n) is 3.22. The van der Waals surface area contributed by atoms with Crippen LogP contribution in [0.1, 0.15) is 26.2 Å². The van der Waals surface area contributed by atoms with E-state index in [0.717, 1.165) is 19.6 Å². The van der Waals surface area contributed by atoms with Crippen LogP contribution < -0.4 is 0 Å². The van der Waals surface area contributed by atoms with E-state index < -0.39 is 5.97 Å². The molecule has 1 heterocycles. The summed E-state index contributed by atoms with van der Waals surface area (Å²) >= 11 is 0. The van der Waals surface area contributed by atoms with Crippen LogP contribution in [-0.4, -0.2) is 60.1 Å². The third-order valence-corrected chi connectivity index (χ3v) is 3.22. The zero-order valence-corrected chi connectivity index (χ0v) is 9.78. The van der Waals surface area contributed by atoms with Crippen LogP contribution in [0.5, 0.6) is 0 Å². The highest BCUT2D eigenvalue weighted by atomic mass is 16.4. The van der Waals surface area contributed by atoms with Gasteiger partial charge in [-0.15, -0.1) is 0 Å². The molecule has 1 fully saturated rings. The molecular weight excluding hydrogens is 192 g/mol. The van der Waals surface area contributed by atoms with E-state index in [1.165, 1.54) is 12.8 Å². The van der Waals surface area contributed by atoms with Crippen molar-refractivity contribution in [3.05, 3.63) is 0 Å². The first-order valence-corrected chi connectivity index (χ1v) is 5.78. The van der Waals surface area contributed by atoms with Crippen LogP contribution in [0.25, 0.3) is 0 Å². The molecule has 1 rings (SSSR count). The largest absolute Gasteiger partial charge is 0.481 e. The van der Waals surface area contributed by atoms with Gasteiger partial charge in [-0.3, -0.25) is 9.69 Å². The summed E-state index contributed by atoms with van der Waals surface area (Å²) in [4.78, 5) is 15.2. The molecule has 0 unspecified atom stereocenters. The normalized spacial score (nSPS) is 19.7. The average molecular weight is 214 g/mol. The Morgan fingerprint density at radius 2 is 2.07 bits per heavy atom. The van der Waals surface area contributed by atoms with Crippen LogP contribution in [0.2, 0.25) is 0 Å². The standard InChI is InChI=1S/C11H22N2O2/c1-3-13(9-6-11(14)15)10-4-7-12(2)8-5-10/h10H,3-9H2,1-2H3,(H,14,15). The zero-order valence-electron chi connectivity index (χ0n) is 9.78. The molecule has 0 radical (unpaired) electrons. The summed E-state index contributed by atoms with van der Waals surface area (Å²) in [5, 5.41) is 8.66. The highest BCUT2D eigenvalue weighted by Crippen LogP contribution is 2.15. The lowest BCUT2D eigenvalue weighted by molar-refractivity contribution is -0.137. The maximum absolute atomic E-state index is 10.5. The second-order valence-corrected chi connectivity index (χ2v) is 4.31. The number of hydrogen-bond donors (Lipinski definition) is 1. The van der Waals surface area contributed by atoms with Crippen molar-refractivity contribution in [2.24, 2.45) is 0 Å². The first kappa shape index (κ1) is 12.5. The minimum atomic E-state index is -0.693. The first-order chi connectivity index (χ1) is 7.13. The van der Waals surface area contributed by atoms with Crippen molar-refractivity contribution in [3.63, 3.8) is 0 Å². The van der Waals surface area contributed by atoms with Crippen LogP contribution in [0, 0.1) is 0 Å². The quantitative estimate of drug-likeness (QED) is 0.738. The highest BCUT2D eigenvalue weighted by molar-refractivity contribution is 5.66. The summed E-state index contributed by atoms with van der Waals surface area (Å²) in [6, 6.07) is 0.588. The van der Waals surface area contributed by atoms with Gasteiger partial charge in [-0.25, -0.2) is 0 Å². The topological polar surface area (TPSA) is 43.8 Å². The van der Waals surface area contributed by atoms with Gasteiger partial charge in [0.1, 0.15) is 0 Å². The number of carboxylic acids is 1. The zero-order chi connectivity index (χ0) is 11.3. The molecule has 0 aromatic heterocycles. The molecule has 1 aliphatic heterocycles. The Hall–Kier alpha value is -0.610. The third kappa shape index (κ3) is 4.18. The molecule has 0 atom stereocenters. The SMILES string of the molecule is CCN(CCC(=O)O)C1CCN(C)CC1. The van der Waals surface area contributed by atoms with E-state index in [-0.39, 0.29) is 6.42 Å². The van der Waals surface area contributed by atoms with E-state index in [9.17, 15) is 4.79 Å². The Morgan fingerprint density at radius 1 is 1.47 bits per heavy atom. The van der Waals surface area contributed by atoms with Crippen molar-refractivity contribution < 1.29 is 9.90 Å². The van der Waals surface area contributed by atoms with E-state index in [1.807, 2.05) is 0 Å². The predicted molar refractivity (Wildman–Crippen MR) is 60.0 cm³/mol. The van der Waals surface area contributed by atoms with Crippen LogP contribution in [0.4, 0.5) is 0 Å². The Kier molecular flexibility index (Phi) is 5.05. The molecule has 1 saturated heterocycles. The van der Waals surface area contributed by atoms with E-state index in [0.29, 0.717) is 12.6 Å². The second-order valence-electron chi connectivity index (χ2n) is 4.31. The monoisotopic (exact) mass is 214 g/mol. The summed E-state index contributed by atoms with van der Waals surface area (Å²) in [6.45, 7) is 6.03. The number of piperidine rings is 1. The minimum Gasteiger partial charge on any atom is -0.481 e. The van der Waals surface area contributed by atoms with Gasteiger partial charge in [-0.2, -0.15) is 0 Å². The van der Waals surface area contributed by atoms with Crippen molar-refractivity contribution in [1.82, 2.24) is 9.80 Å². The van der Waals surface area contributed by atoms with E-state index in [4.69, 9.17) is 5.11 Å². The van der Waals surface area contributed by atoms with Crippen molar-refractivity contribution in [1.29, 1.82) is 0 Å². The molecule has 0 aliphatic carbocycles. The number of aliphatic carboxylic acids is 1. The lowest BCUT2D eigenvalue weighted by Crippen LogP contribution is -2.44. The molecule has 0 aromatic carbocycles. The lowest BCUT2D eigenvalue weighted by Gasteiger charge is -2.36. The van der Waals surface area contributed by atoms with E-state index in [1.54, 1.807) is 0 Å². The Labute approximate surface area is 91.9 Å². The Morgan fingerprint density at radius 3 is 2.53 bits per heavy atom. The van der Waals surface area contributed by atoms with Crippen LogP contribution in [-0.2, 0) is 4.79 Å². The predicted octanol–water partition coefficient (Wildman–Crippen LogP) is 0.877. The van der Waals surface area contributed by atoms with Crippen LogP contribution in [0.3, 0.4) is 0 Å². The number of nitrogens with zero attached hydrogens (tertiary/aromatic N) is 2.